The van der Waals surface area contributed by atoms with E-state index in [2.05, 4.69) is 10.3 Å². The molecule has 0 atom stereocenters. The summed E-state index contributed by atoms with van der Waals surface area (Å²) in [6.45, 7) is 2.17. The molecule has 1 fully saturated rings. The van der Waals surface area contributed by atoms with Crippen LogP contribution in [-0.4, -0.2) is 52.7 Å². The molecular formula is C20H20N4O3. The van der Waals surface area contributed by atoms with Crippen LogP contribution in [0.5, 0.6) is 0 Å². The van der Waals surface area contributed by atoms with Gasteiger partial charge in [-0.25, -0.2) is 9.78 Å². The van der Waals surface area contributed by atoms with Crippen molar-refractivity contribution in [1.82, 2.24) is 19.8 Å². The molecule has 0 saturated carbocycles. The maximum atomic E-state index is 12.3. The van der Waals surface area contributed by atoms with Gasteiger partial charge in [-0.15, -0.1) is 0 Å². The van der Waals surface area contributed by atoms with E-state index in [1.165, 1.54) is 0 Å². The molecule has 0 unspecified atom stereocenters. The van der Waals surface area contributed by atoms with Crippen LogP contribution in [0.4, 0.5) is 4.79 Å². The molecule has 0 bridgehead atoms. The quantitative estimate of drug-likeness (QED) is 0.682. The molecule has 27 heavy (non-hydrogen) atoms. The first-order valence-corrected chi connectivity index (χ1v) is 8.95. The molecule has 0 spiro atoms. The lowest BCUT2D eigenvalue weighted by atomic mass is 10.2. The SMILES string of the molecule is O=C(NCCCN1CCOC1=O)c1ccc(-n2cnc3ccccc32)cc1. The molecular weight excluding hydrogens is 344 g/mol. The highest BCUT2D eigenvalue weighted by atomic mass is 16.6. The monoisotopic (exact) mass is 364 g/mol. The predicted octanol–water partition coefficient (Wildman–Crippen LogP) is 2.60. The molecule has 2 aromatic carbocycles. The number of cyclic esters (lactones) is 1. The number of aromatic nitrogens is 2. The molecule has 4 rings (SSSR count). The normalized spacial score (nSPS) is 13.8. The van der Waals surface area contributed by atoms with Gasteiger partial charge in [-0.2, -0.15) is 0 Å². The molecule has 7 heteroatoms. The second kappa shape index (κ2) is 7.49. The van der Waals surface area contributed by atoms with Gasteiger partial charge in [0.05, 0.1) is 17.6 Å². The summed E-state index contributed by atoms with van der Waals surface area (Å²) in [5, 5.41) is 2.88. The van der Waals surface area contributed by atoms with Gasteiger partial charge in [0.25, 0.3) is 5.91 Å². The average Bonchev–Trinajstić information content (AvgIpc) is 3.31. The van der Waals surface area contributed by atoms with E-state index in [9.17, 15) is 9.59 Å². The summed E-state index contributed by atoms with van der Waals surface area (Å²) >= 11 is 0. The van der Waals surface area contributed by atoms with Crippen molar-refractivity contribution in [2.75, 3.05) is 26.2 Å². The van der Waals surface area contributed by atoms with Crippen molar-refractivity contribution in [3.63, 3.8) is 0 Å². The molecule has 1 N–H and O–H groups in total. The van der Waals surface area contributed by atoms with Gasteiger partial charge < -0.3 is 15.0 Å². The zero-order valence-corrected chi connectivity index (χ0v) is 14.8. The Morgan fingerprint density at radius 1 is 1.15 bits per heavy atom. The maximum absolute atomic E-state index is 12.3. The smallest absolute Gasteiger partial charge is 0.409 e. The molecule has 138 valence electrons. The maximum Gasteiger partial charge on any atom is 0.409 e. The van der Waals surface area contributed by atoms with Crippen LogP contribution < -0.4 is 5.32 Å². The largest absolute Gasteiger partial charge is 0.448 e. The van der Waals surface area contributed by atoms with Gasteiger partial charge in [-0.05, 0) is 42.8 Å². The van der Waals surface area contributed by atoms with Crippen LogP contribution in [0, 0.1) is 0 Å². The number of nitrogens with one attached hydrogen (secondary N) is 1. The van der Waals surface area contributed by atoms with Crippen LogP contribution in [-0.2, 0) is 4.74 Å². The van der Waals surface area contributed by atoms with Crippen LogP contribution in [0.15, 0.2) is 54.9 Å². The van der Waals surface area contributed by atoms with E-state index in [4.69, 9.17) is 4.74 Å². The lowest BCUT2D eigenvalue weighted by Gasteiger charge is -2.12. The topological polar surface area (TPSA) is 76.5 Å². The zero-order chi connectivity index (χ0) is 18.6. The van der Waals surface area contributed by atoms with Crippen LogP contribution in [0.1, 0.15) is 16.8 Å². The van der Waals surface area contributed by atoms with Crippen LogP contribution in [0.2, 0.25) is 0 Å². The van der Waals surface area contributed by atoms with Crippen molar-refractivity contribution in [2.24, 2.45) is 0 Å². The predicted molar refractivity (Wildman–Crippen MR) is 101 cm³/mol. The highest BCUT2D eigenvalue weighted by molar-refractivity contribution is 5.94. The minimum absolute atomic E-state index is 0.124. The van der Waals surface area contributed by atoms with Crippen molar-refractivity contribution in [3.05, 3.63) is 60.4 Å². The number of fused-ring (bicyclic) bond motifs is 1. The number of hydrogen-bond acceptors (Lipinski definition) is 4. The molecule has 1 aliphatic rings. The first-order chi connectivity index (χ1) is 13.2. The van der Waals surface area contributed by atoms with Gasteiger partial charge in [0.2, 0.25) is 0 Å². The number of hydrogen-bond donors (Lipinski definition) is 1. The van der Waals surface area contributed by atoms with Crippen molar-refractivity contribution >= 4 is 23.0 Å². The second-order valence-corrected chi connectivity index (χ2v) is 6.36. The number of rotatable bonds is 6. The molecule has 1 saturated heterocycles. The van der Waals surface area contributed by atoms with Gasteiger partial charge in [0, 0.05) is 24.3 Å². The number of nitrogens with zero attached hydrogens (tertiary/aromatic N) is 3. The summed E-state index contributed by atoms with van der Waals surface area (Å²) in [6.07, 6.45) is 2.20. The van der Waals surface area contributed by atoms with Crippen molar-refractivity contribution in [3.8, 4) is 5.69 Å². The molecule has 1 aliphatic heterocycles. The van der Waals surface area contributed by atoms with Gasteiger partial charge in [-0.1, -0.05) is 12.1 Å². The zero-order valence-electron chi connectivity index (χ0n) is 14.8. The fourth-order valence-electron chi connectivity index (χ4n) is 3.14. The molecule has 3 aromatic rings. The van der Waals surface area contributed by atoms with Crippen LogP contribution >= 0.6 is 0 Å². The lowest BCUT2D eigenvalue weighted by Crippen LogP contribution is -2.30. The lowest BCUT2D eigenvalue weighted by molar-refractivity contribution is 0.0952. The van der Waals surface area contributed by atoms with Gasteiger partial charge >= 0.3 is 6.09 Å². The first kappa shape index (κ1) is 17.1. The fourth-order valence-corrected chi connectivity index (χ4v) is 3.14. The van der Waals surface area contributed by atoms with Crippen LogP contribution in [0.25, 0.3) is 16.7 Å². The Bertz CT molecular complexity index is 965. The van der Waals surface area contributed by atoms with Crippen LogP contribution in [0.3, 0.4) is 0 Å². The minimum Gasteiger partial charge on any atom is -0.448 e. The Labute approximate surface area is 156 Å². The van der Waals surface area contributed by atoms with Crippen molar-refractivity contribution in [2.45, 2.75) is 6.42 Å². The molecule has 2 amide bonds. The Kier molecular flexibility index (Phi) is 4.74. The van der Waals surface area contributed by atoms with Crippen molar-refractivity contribution in [1.29, 1.82) is 0 Å². The van der Waals surface area contributed by atoms with E-state index in [1.807, 2.05) is 41.0 Å². The summed E-state index contributed by atoms with van der Waals surface area (Å²) in [6, 6.07) is 15.3. The third kappa shape index (κ3) is 3.62. The summed E-state index contributed by atoms with van der Waals surface area (Å²) < 4.78 is 6.87. The molecule has 0 aliphatic carbocycles. The van der Waals surface area contributed by atoms with E-state index >= 15 is 0 Å². The number of carbonyl (C=O) groups excluding carboxylic acids is 2. The molecule has 1 aromatic heterocycles. The fraction of sp³-hybridized carbons (Fsp3) is 0.250. The molecule has 0 radical (unpaired) electrons. The highest BCUT2D eigenvalue weighted by Gasteiger charge is 2.20. The van der Waals surface area contributed by atoms with E-state index in [0.717, 1.165) is 16.7 Å². The third-order valence-electron chi connectivity index (χ3n) is 4.60. The number of imidazole rings is 1. The Morgan fingerprint density at radius 3 is 2.74 bits per heavy atom. The number of para-hydroxylation sites is 2. The van der Waals surface area contributed by atoms with Gasteiger partial charge in [0.1, 0.15) is 12.9 Å². The number of benzene rings is 2. The van der Waals surface area contributed by atoms with Crippen molar-refractivity contribution < 1.29 is 14.3 Å². The van der Waals surface area contributed by atoms with E-state index in [0.29, 0.717) is 38.2 Å². The standard InChI is InChI=1S/C20H20N4O3/c25-19(21-10-3-11-23-12-13-27-20(23)26)15-6-8-16(9-7-15)24-14-22-17-4-1-2-5-18(17)24/h1-2,4-9,14H,3,10-13H2,(H,21,25). The van der Waals surface area contributed by atoms with Gasteiger partial charge in [0.15, 0.2) is 0 Å². The number of ether oxygens (including phenoxy) is 1. The average molecular weight is 364 g/mol. The Morgan fingerprint density at radius 2 is 1.96 bits per heavy atom. The molecule has 7 nitrogen and oxygen atoms in total. The van der Waals surface area contributed by atoms with E-state index in [-0.39, 0.29) is 12.0 Å². The minimum atomic E-state index is -0.274. The van der Waals surface area contributed by atoms with E-state index in [1.54, 1.807) is 23.4 Å². The summed E-state index contributed by atoms with van der Waals surface area (Å²) in [5.41, 5.74) is 3.51. The second-order valence-electron chi connectivity index (χ2n) is 6.36. The Hall–Kier alpha value is -3.35. The summed E-state index contributed by atoms with van der Waals surface area (Å²) in [5.74, 6) is -0.124. The number of amides is 2. The third-order valence-corrected chi connectivity index (χ3v) is 4.60. The first-order valence-electron chi connectivity index (χ1n) is 8.95. The highest BCUT2D eigenvalue weighted by Crippen LogP contribution is 2.18. The Balaban J connectivity index is 1.34. The number of carbonyl (C=O) groups is 2. The molecule has 2 heterocycles. The van der Waals surface area contributed by atoms with Gasteiger partial charge in [-0.3, -0.25) is 9.36 Å². The summed E-state index contributed by atoms with van der Waals surface area (Å²) in [4.78, 5) is 29.7. The van der Waals surface area contributed by atoms with E-state index < -0.39 is 0 Å². The summed E-state index contributed by atoms with van der Waals surface area (Å²) in [7, 11) is 0.